The Morgan fingerprint density at radius 2 is 1.60 bits per heavy atom. The summed E-state index contributed by atoms with van der Waals surface area (Å²) in [5, 5.41) is 0. The molecule has 2 aliphatic carbocycles. The minimum absolute atomic E-state index is 0.0303. The molecule has 2 saturated carbocycles. The third-order valence-corrected chi connectivity index (χ3v) is 9.27. The van der Waals surface area contributed by atoms with Crippen molar-refractivity contribution in [1.29, 1.82) is 0 Å². The van der Waals surface area contributed by atoms with Gasteiger partial charge < -0.3 is 9.47 Å². The first-order valence-corrected chi connectivity index (χ1v) is 14.4. The van der Waals surface area contributed by atoms with Crippen molar-refractivity contribution in [3.05, 3.63) is 42.0 Å². The standard InChI is InChI=1S/C31H46F2O2/c1-3-5-20-34-29-19-17-27(30(32)31(29)33)12-8-23-9-18-28(35-21-23)26-15-13-25(14-16-26)24-10-6-22(4-2)7-11-24/h4,17,19,22-26,28H,2-3,5-16,18,20-21H2,1H3. The minimum atomic E-state index is -0.845. The fraction of sp³-hybridized carbons (Fsp3) is 0.742. The molecule has 0 N–H and O–H groups in total. The molecule has 4 heteroatoms. The molecule has 3 aliphatic rings. The first kappa shape index (κ1) is 26.6. The van der Waals surface area contributed by atoms with Gasteiger partial charge in [-0.15, -0.1) is 6.58 Å². The Morgan fingerprint density at radius 1 is 0.914 bits per heavy atom. The van der Waals surface area contributed by atoms with Crippen LogP contribution < -0.4 is 4.74 Å². The first-order chi connectivity index (χ1) is 17.1. The summed E-state index contributed by atoms with van der Waals surface area (Å²) in [6, 6.07) is 3.27. The number of hydrogen-bond donors (Lipinski definition) is 0. The number of ether oxygens (including phenoxy) is 2. The van der Waals surface area contributed by atoms with Crippen LogP contribution in [0.3, 0.4) is 0 Å². The monoisotopic (exact) mass is 488 g/mol. The van der Waals surface area contributed by atoms with Crippen molar-refractivity contribution in [3.8, 4) is 5.75 Å². The van der Waals surface area contributed by atoms with Crippen molar-refractivity contribution >= 4 is 0 Å². The van der Waals surface area contributed by atoms with Crippen LogP contribution in [0.15, 0.2) is 24.8 Å². The van der Waals surface area contributed by atoms with E-state index in [1.807, 2.05) is 6.92 Å². The summed E-state index contributed by atoms with van der Waals surface area (Å²) in [6.07, 6.45) is 18.9. The number of rotatable bonds is 10. The maximum atomic E-state index is 14.5. The fourth-order valence-electron chi connectivity index (χ4n) is 6.83. The van der Waals surface area contributed by atoms with Gasteiger partial charge in [-0.25, -0.2) is 4.39 Å². The molecule has 1 saturated heterocycles. The van der Waals surface area contributed by atoms with Crippen LogP contribution in [0, 0.1) is 41.2 Å². The Kier molecular flexibility index (Phi) is 10.1. The lowest BCUT2D eigenvalue weighted by molar-refractivity contribution is -0.0616. The zero-order valence-electron chi connectivity index (χ0n) is 21.8. The molecule has 0 aromatic heterocycles. The topological polar surface area (TPSA) is 18.5 Å². The van der Waals surface area contributed by atoms with Gasteiger partial charge in [-0.05, 0) is 125 Å². The molecule has 0 amide bonds. The largest absolute Gasteiger partial charge is 0.490 e. The second kappa shape index (κ2) is 13.2. The van der Waals surface area contributed by atoms with Crippen molar-refractivity contribution < 1.29 is 18.3 Å². The van der Waals surface area contributed by atoms with Gasteiger partial charge in [0.05, 0.1) is 12.7 Å². The minimum Gasteiger partial charge on any atom is -0.490 e. The van der Waals surface area contributed by atoms with Crippen molar-refractivity contribution in [1.82, 2.24) is 0 Å². The molecule has 0 spiro atoms. The van der Waals surface area contributed by atoms with E-state index in [1.54, 1.807) is 12.1 Å². The molecule has 2 atom stereocenters. The Balaban J connectivity index is 1.16. The molecule has 1 aromatic carbocycles. The Labute approximate surface area is 211 Å². The summed E-state index contributed by atoms with van der Waals surface area (Å²) in [4.78, 5) is 0. The Bertz CT molecular complexity index is 785. The van der Waals surface area contributed by atoms with E-state index < -0.39 is 11.6 Å². The van der Waals surface area contributed by atoms with Gasteiger partial charge in [0.15, 0.2) is 11.6 Å². The van der Waals surface area contributed by atoms with Crippen molar-refractivity contribution in [2.45, 2.75) is 103 Å². The van der Waals surface area contributed by atoms with E-state index in [0.717, 1.165) is 56.5 Å². The number of benzene rings is 1. The molecule has 1 heterocycles. The van der Waals surface area contributed by atoms with Crippen molar-refractivity contribution in [3.63, 3.8) is 0 Å². The third-order valence-electron chi connectivity index (χ3n) is 9.27. The second-order valence-corrected chi connectivity index (χ2v) is 11.5. The number of hydrogen-bond acceptors (Lipinski definition) is 2. The second-order valence-electron chi connectivity index (χ2n) is 11.5. The lowest BCUT2D eigenvalue weighted by atomic mass is 9.68. The van der Waals surface area contributed by atoms with Crippen LogP contribution in [-0.4, -0.2) is 19.3 Å². The summed E-state index contributed by atoms with van der Waals surface area (Å²) < 4.78 is 40.7. The van der Waals surface area contributed by atoms with Crippen LogP contribution in [0.1, 0.15) is 96.0 Å². The van der Waals surface area contributed by atoms with Gasteiger partial charge >= 0.3 is 0 Å². The molecular formula is C31H46F2O2. The molecule has 35 heavy (non-hydrogen) atoms. The predicted octanol–water partition coefficient (Wildman–Crippen LogP) is 8.67. The fourth-order valence-corrected chi connectivity index (χ4v) is 6.83. The number of unbranched alkanes of at least 4 members (excludes halogenated alkanes) is 1. The van der Waals surface area contributed by atoms with Gasteiger partial charge in [0, 0.05) is 6.61 Å². The van der Waals surface area contributed by atoms with Crippen LogP contribution in [0.4, 0.5) is 8.78 Å². The van der Waals surface area contributed by atoms with Crippen LogP contribution >= 0.6 is 0 Å². The third kappa shape index (κ3) is 7.08. The zero-order valence-corrected chi connectivity index (χ0v) is 21.8. The van der Waals surface area contributed by atoms with E-state index in [-0.39, 0.29) is 5.75 Å². The average molecular weight is 489 g/mol. The van der Waals surface area contributed by atoms with E-state index in [9.17, 15) is 8.78 Å². The number of aryl methyl sites for hydroxylation is 1. The summed E-state index contributed by atoms with van der Waals surface area (Å²) in [5.41, 5.74) is 0.452. The van der Waals surface area contributed by atoms with Crippen molar-refractivity contribution in [2.24, 2.45) is 29.6 Å². The summed E-state index contributed by atoms with van der Waals surface area (Å²) in [7, 11) is 0. The highest BCUT2D eigenvalue weighted by Crippen LogP contribution is 2.43. The molecule has 1 aromatic rings. The molecule has 4 rings (SSSR count). The summed E-state index contributed by atoms with van der Waals surface area (Å²) >= 11 is 0. The first-order valence-electron chi connectivity index (χ1n) is 14.4. The molecular weight excluding hydrogens is 442 g/mol. The average Bonchev–Trinajstić information content (AvgIpc) is 2.91. The van der Waals surface area contributed by atoms with Gasteiger partial charge in [0.1, 0.15) is 0 Å². The summed E-state index contributed by atoms with van der Waals surface area (Å²) in [6.45, 7) is 7.22. The normalized spacial score (nSPS) is 31.7. The van der Waals surface area contributed by atoms with Gasteiger partial charge in [0.25, 0.3) is 0 Å². The van der Waals surface area contributed by atoms with E-state index >= 15 is 0 Å². The molecule has 3 fully saturated rings. The molecule has 1 aliphatic heterocycles. The van der Waals surface area contributed by atoms with Crippen LogP contribution in [-0.2, 0) is 11.2 Å². The number of halogens is 2. The van der Waals surface area contributed by atoms with Gasteiger partial charge in [-0.3, -0.25) is 0 Å². The Hall–Kier alpha value is -1.42. The van der Waals surface area contributed by atoms with E-state index in [2.05, 4.69) is 12.7 Å². The highest BCUT2D eigenvalue weighted by atomic mass is 19.2. The quantitative estimate of drug-likeness (QED) is 0.242. The lowest BCUT2D eigenvalue weighted by Gasteiger charge is -2.41. The maximum absolute atomic E-state index is 14.5. The van der Waals surface area contributed by atoms with E-state index in [0.29, 0.717) is 36.5 Å². The van der Waals surface area contributed by atoms with E-state index in [4.69, 9.17) is 9.47 Å². The van der Waals surface area contributed by atoms with Crippen LogP contribution in [0.25, 0.3) is 0 Å². The SMILES string of the molecule is C=CC1CCC(C2CCC(C3CCC(CCc4ccc(OCCCC)c(F)c4F)CO3)CC2)CC1. The summed E-state index contributed by atoms with van der Waals surface area (Å²) in [5.74, 6) is 2.20. The molecule has 196 valence electrons. The highest BCUT2D eigenvalue weighted by molar-refractivity contribution is 5.31. The maximum Gasteiger partial charge on any atom is 0.200 e. The van der Waals surface area contributed by atoms with Crippen LogP contribution in [0.5, 0.6) is 5.75 Å². The Morgan fingerprint density at radius 3 is 2.23 bits per heavy atom. The number of allylic oxidation sites excluding steroid dienone is 1. The predicted molar refractivity (Wildman–Crippen MR) is 139 cm³/mol. The lowest BCUT2D eigenvalue weighted by Crippen LogP contribution is -2.35. The van der Waals surface area contributed by atoms with Gasteiger partial charge in [0.2, 0.25) is 5.82 Å². The molecule has 2 nitrogen and oxygen atoms in total. The molecule has 0 radical (unpaired) electrons. The molecule has 2 unspecified atom stereocenters. The van der Waals surface area contributed by atoms with Crippen molar-refractivity contribution in [2.75, 3.05) is 13.2 Å². The smallest absolute Gasteiger partial charge is 0.200 e. The van der Waals surface area contributed by atoms with Gasteiger partial charge in [-0.1, -0.05) is 25.5 Å². The van der Waals surface area contributed by atoms with E-state index in [1.165, 1.54) is 51.4 Å². The van der Waals surface area contributed by atoms with Gasteiger partial charge in [-0.2, -0.15) is 4.39 Å². The van der Waals surface area contributed by atoms with Crippen LogP contribution in [0.2, 0.25) is 0 Å². The molecule has 0 bridgehead atoms. The highest BCUT2D eigenvalue weighted by Gasteiger charge is 2.35. The zero-order chi connectivity index (χ0) is 24.6.